The van der Waals surface area contributed by atoms with Crippen LogP contribution >= 0.6 is 0 Å². The van der Waals surface area contributed by atoms with Gasteiger partial charge in [-0.25, -0.2) is 4.39 Å². The third kappa shape index (κ3) is 4.86. The van der Waals surface area contributed by atoms with E-state index in [1.165, 1.54) is 0 Å². The van der Waals surface area contributed by atoms with Gasteiger partial charge in [0.15, 0.2) is 0 Å². The first-order valence-electron chi connectivity index (χ1n) is 9.37. The minimum atomic E-state index is -0.133. The Bertz CT molecular complexity index is 731. The van der Waals surface area contributed by atoms with Crippen LogP contribution in [0.4, 0.5) is 4.39 Å². The SMILES string of the molecule is CNC/C(=C\F)COc1ccc2c(c1)CCN(CC(=O)NC1CCC1)C2=O. The van der Waals surface area contributed by atoms with E-state index < -0.39 is 0 Å². The number of hydrogen-bond donors (Lipinski definition) is 2. The Morgan fingerprint density at radius 1 is 1.41 bits per heavy atom. The van der Waals surface area contributed by atoms with Gasteiger partial charge in [0.1, 0.15) is 12.4 Å². The molecule has 0 unspecified atom stereocenters. The zero-order chi connectivity index (χ0) is 19.2. The monoisotopic (exact) mass is 375 g/mol. The molecule has 2 amide bonds. The molecule has 3 rings (SSSR count). The predicted molar refractivity (Wildman–Crippen MR) is 100 cm³/mol. The third-order valence-corrected chi connectivity index (χ3v) is 5.03. The maximum atomic E-state index is 12.8. The van der Waals surface area contributed by atoms with Gasteiger partial charge >= 0.3 is 0 Å². The largest absolute Gasteiger partial charge is 0.489 e. The van der Waals surface area contributed by atoms with Gasteiger partial charge in [-0.2, -0.15) is 0 Å². The summed E-state index contributed by atoms with van der Waals surface area (Å²) in [5.41, 5.74) is 2.00. The van der Waals surface area contributed by atoms with Crippen LogP contribution in [0.1, 0.15) is 35.2 Å². The van der Waals surface area contributed by atoms with Crippen LogP contribution in [0.5, 0.6) is 5.75 Å². The van der Waals surface area contributed by atoms with Crippen molar-refractivity contribution < 1.29 is 18.7 Å². The van der Waals surface area contributed by atoms with Gasteiger partial charge in [0.05, 0.1) is 12.9 Å². The molecule has 2 aliphatic rings. The maximum Gasteiger partial charge on any atom is 0.254 e. The van der Waals surface area contributed by atoms with Gasteiger partial charge in [-0.1, -0.05) is 0 Å². The summed E-state index contributed by atoms with van der Waals surface area (Å²) in [6, 6.07) is 5.54. The molecule has 0 radical (unpaired) electrons. The van der Waals surface area contributed by atoms with Gasteiger partial charge < -0.3 is 20.3 Å². The van der Waals surface area contributed by atoms with Crippen molar-refractivity contribution in [3.05, 3.63) is 41.2 Å². The molecule has 1 aromatic carbocycles. The fourth-order valence-corrected chi connectivity index (χ4v) is 3.28. The first kappa shape index (κ1) is 19.4. The molecule has 0 aromatic heterocycles. The molecule has 1 aliphatic carbocycles. The van der Waals surface area contributed by atoms with E-state index >= 15 is 0 Å². The number of benzene rings is 1. The summed E-state index contributed by atoms with van der Waals surface area (Å²) in [5.74, 6) is 0.380. The molecule has 1 fully saturated rings. The molecule has 2 N–H and O–H groups in total. The van der Waals surface area contributed by atoms with E-state index in [9.17, 15) is 14.0 Å². The van der Waals surface area contributed by atoms with Crippen LogP contribution in [0.15, 0.2) is 30.1 Å². The van der Waals surface area contributed by atoms with E-state index in [2.05, 4.69) is 10.6 Å². The van der Waals surface area contributed by atoms with E-state index in [-0.39, 0.29) is 31.0 Å². The van der Waals surface area contributed by atoms with Crippen molar-refractivity contribution in [1.82, 2.24) is 15.5 Å². The molecule has 7 heteroatoms. The number of likely N-dealkylation sites (N-methyl/N-ethyl adjacent to an activating group) is 1. The second kappa shape index (κ2) is 8.99. The molecule has 0 atom stereocenters. The smallest absolute Gasteiger partial charge is 0.254 e. The van der Waals surface area contributed by atoms with Crippen molar-refractivity contribution >= 4 is 11.8 Å². The third-order valence-electron chi connectivity index (χ3n) is 5.03. The number of ether oxygens (including phenoxy) is 1. The van der Waals surface area contributed by atoms with Gasteiger partial charge in [-0.3, -0.25) is 9.59 Å². The molecule has 1 saturated carbocycles. The molecular formula is C20H26FN3O3. The summed E-state index contributed by atoms with van der Waals surface area (Å²) in [6.45, 7) is 1.17. The summed E-state index contributed by atoms with van der Waals surface area (Å²) in [7, 11) is 1.74. The second-order valence-corrected chi connectivity index (χ2v) is 7.08. The average molecular weight is 375 g/mol. The van der Waals surface area contributed by atoms with E-state index in [4.69, 9.17) is 4.74 Å². The molecule has 146 valence electrons. The summed E-state index contributed by atoms with van der Waals surface area (Å²) >= 11 is 0. The number of halogens is 1. The van der Waals surface area contributed by atoms with Gasteiger partial charge in [-0.05, 0) is 56.5 Å². The fraction of sp³-hybridized carbons (Fsp3) is 0.500. The Kier molecular flexibility index (Phi) is 6.45. The van der Waals surface area contributed by atoms with Crippen LogP contribution < -0.4 is 15.4 Å². The maximum absolute atomic E-state index is 12.8. The van der Waals surface area contributed by atoms with Crippen molar-refractivity contribution in [2.45, 2.75) is 31.7 Å². The fourth-order valence-electron chi connectivity index (χ4n) is 3.28. The summed E-state index contributed by atoms with van der Waals surface area (Å²) in [4.78, 5) is 26.4. The van der Waals surface area contributed by atoms with E-state index in [0.717, 1.165) is 24.8 Å². The lowest BCUT2D eigenvalue weighted by molar-refractivity contribution is -0.123. The summed E-state index contributed by atoms with van der Waals surface area (Å²) in [6.07, 6.45) is 4.42. The predicted octanol–water partition coefficient (Wildman–Crippen LogP) is 1.81. The molecule has 1 heterocycles. The minimum absolute atomic E-state index is 0.0912. The standard InChI is InChI=1S/C20H26FN3O3/c1-22-11-14(10-21)13-27-17-5-6-18-15(9-17)7-8-24(20(18)26)12-19(25)23-16-3-2-4-16/h5-6,9-10,16,22H,2-4,7-8,11-13H2,1H3,(H,23,25)/b14-10+. The summed E-state index contributed by atoms with van der Waals surface area (Å²) < 4.78 is 18.4. The van der Waals surface area contributed by atoms with Crippen LogP contribution in [-0.2, 0) is 11.2 Å². The highest BCUT2D eigenvalue weighted by Gasteiger charge is 2.27. The molecule has 0 spiro atoms. The van der Waals surface area contributed by atoms with Crippen molar-refractivity contribution in [2.24, 2.45) is 0 Å². The van der Waals surface area contributed by atoms with Gasteiger partial charge in [0, 0.05) is 30.3 Å². The van der Waals surface area contributed by atoms with Crippen LogP contribution in [0.3, 0.4) is 0 Å². The molecular weight excluding hydrogens is 349 g/mol. The quantitative estimate of drug-likeness (QED) is 0.727. The first-order valence-corrected chi connectivity index (χ1v) is 9.37. The van der Waals surface area contributed by atoms with Gasteiger partial charge in [-0.15, -0.1) is 0 Å². The Hall–Kier alpha value is -2.41. The molecule has 27 heavy (non-hydrogen) atoms. The van der Waals surface area contributed by atoms with Crippen molar-refractivity contribution in [3.8, 4) is 5.75 Å². The zero-order valence-corrected chi connectivity index (χ0v) is 15.6. The van der Waals surface area contributed by atoms with Crippen LogP contribution in [0.2, 0.25) is 0 Å². The van der Waals surface area contributed by atoms with E-state index in [0.29, 0.717) is 42.7 Å². The Labute approximate surface area is 158 Å². The van der Waals surface area contributed by atoms with Crippen LogP contribution in [0.25, 0.3) is 0 Å². The van der Waals surface area contributed by atoms with Gasteiger partial charge in [0.2, 0.25) is 5.91 Å². The van der Waals surface area contributed by atoms with E-state index in [1.807, 2.05) is 6.07 Å². The highest BCUT2D eigenvalue weighted by atomic mass is 19.1. The van der Waals surface area contributed by atoms with Crippen molar-refractivity contribution in [2.75, 3.05) is 33.3 Å². The highest BCUT2D eigenvalue weighted by molar-refractivity contribution is 5.98. The first-order chi connectivity index (χ1) is 13.1. The number of rotatable bonds is 8. The lowest BCUT2D eigenvalue weighted by atomic mass is 9.93. The van der Waals surface area contributed by atoms with Gasteiger partial charge in [0.25, 0.3) is 5.91 Å². The van der Waals surface area contributed by atoms with E-state index in [1.54, 1.807) is 24.1 Å². The number of amides is 2. The van der Waals surface area contributed by atoms with Crippen LogP contribution in [0, 0.1) is 0 Å². The van der Waals surface area contributed by atoms with Crippen LogP contribution in [-0.4, -0.2) is 56.0 Å². The zero-order valence-electron chi connectivity index (χ0n) is 15.6. The number of nitrogens with zero attached hydrogens (tertiary/aromatic N) is 1. The minimum Gasteiger partial charge on any atom is -0.489 e. The number of nitrogens with one attached hydrogen (secondary N) is 2. The number of carbonyl (C=O) groups is 2. The molecule has 0 saturated heterocycles. The molecule has 1 aliphatic heterocycles. The normalized spacial score (nSPS) is 17.3. The Morgan fingerprint density at radius 2 is 2.22 bits per heavy atom. The molecule has 1 aromatic rings. The summed E-state index contributed by atoms with van der Waals surface area (Å²) in [5, 5.41) is 5.85. The second-order valence-electron chi connectivity index (χ2n) is 7.08. The van der Waals surface area contributed by atoms with Crippen molar-refractivity contribution in [3.63, 3.8) is 0 Å². The van der Waals surface area contributed by atoms with Crippen molar-refractivity contribution in [1.29, 1.82) is 0 Å². The molecule has 6 nitrogen and oxygen atoms in total. The average Bonchev–Trinajstić information content (AvgIpc) is 2.64. The lowest BCUT2D eigenvalue weighted by Gasteiger charge is -2.31. The number of fused-ring (bicyclic) bond motifs is 1. The lowest BCUT2D eigenvalue weighted by Crippen LogP contribution is -2.48. The molecule has 0 bridgehead atoms. The number of hydrogen-bond acceptors (Lipinski definition) is 4. The Balaban J connectivity index is 1.58. The number of carbonyl (C=O) groups excluding carboxylic acids is 2. The Morgan fingerprint density at radius 3 is 2.89 bits per heavy atom. The topological polar surface area (TPSA) is 70.7 Å². The highest BCUT2D eigenvalue weighted by Crippen LogP contribution is 2.24.